The summed E-state index contributed by atoms with van der Waals surface area (Å²) in [5, 5.41) is 17.5. The molecule has 0 aliphatic carbocycles. The predicted octanol–water partition coefficient (Wildman–Crippen LogP) is 0.205. The first-order chi connectivity index (χ1) is 9.20. The first-order valence-electron chi connectivity index (χ1n) is 6.81. The van der Waals surface area contributed by atoms with Gasteiger partial charge >= 0.3 is 0 Å². The number of ether oxygens (including phenoxy) is 4. The van der Waals surface area contributed by atoms with Gasteiger partial charge in [0, 0.05) is 6.61 Å². The second-order valence-electron chi connectivity index (χ2n) is 4.34. The van der Waals surface area contributed by atoms with Crippen LogP contribution in [0.2, 0.25) is 0 Å². The Kier molecular flexibility index (Phi) is 14.0. The highest BCUT2D eigenvalue weighted by Crippen LogP contribution is 2.00. The Bertz CT molecular complexity index is 177. The van der Waals surface area contributed by atoms with Crippen molar-refractivity contribution in [3.05, 3.63) is 0 Å². The lowest BCUT2D eigenvalue weighted by Gasteiger charge is -2.17. The van der Waals surface area contributed by atoms with Crippen molar-refractivity contribution in [3.8, 4) is 0 Å². The normalized spacial score (nSPS) is 13.1. The molecule has 0 aromatic heterocycles. The van der Waals surface area contributed by atoms with Crippen LogP contribution in [0.4, 0.5) is 0 Å². The minimum absolute atomic E-state index is 0.0129. The van der Waals surface area contributed by atoms with Crippen LogP contribution < -0.4 is 0 Å². The van der Waals surface area contributed by atoms with Crippen LogP contribution in [-0.2, 0) is 18.9 Å². The zero-order valence-corrected chi connectivity index (χ0v) is 12.0. The SMILES string of the molecule is CC(C)OCCOCC(CCO)OCCOCCO. The maximum Gasteiger partial charge on any atom is 0.0831 e. The van der Waals surface area contributed by atoms with Gasteiger partial charge in [-0.1, -0.05) is 0 Å². The van der Waals surface area contributed by atoms with Crippen LogP contribution in [0, 0.1) is 0 Å². The quantitative estimate of drug-likeness (QED) is 0.443. The molecule has 1 atom stereocenters. The lowest BCUT2D eigenvalue weighted by atomic mass is 10.3. The van der Waals surface area contributed by atoms with Crippen molar-refractivity contribution in [2.75, 3.05) is 52.9 Å². The van der Waals surface area contributed by atoms with Crippen LogP contribution in [-0.4, -0.2) is 75.3 Å². The van der Waals surface area contributed by atoms with Crippen molar-refractivity contribution < 1.29 is 29.2 Å². The summed E-state index contributed by atoms with van der Waals surface area (Å²) in [6.07, 6.45) is 0.601. The highest BCUT2D eigenvalue weighted by atomic mass is 16.6. The Labute approximate surface area is 115 Å². The second kappa shape index (κ2) is 14.2. The van der Waals surface area contributed by atoms with Gasteiger partial charge in [-0.3, -0.25) is 0 Å². The fourth-order valence-electron chi connectivity index (χ4n) is 1.36. The van der Waals surface area contributed by atoms with Crippen LogP contribution in [0.1, 0.15) is 20.3 Å². The Hall–Kier alpha value is -0.240. The van der Waals surface area contributed by atoms with E-state index in [0.29, 0.717) is 46.1 Å². The van der Waals surface area contributed by atoms with Crippen LogP contribution in [0.3, 0.4) is 0 Å². The van der Waals surface area contributed by atoms with Crippen molar-refractivity contribution >= 4 is 0 Å². The third-order valence-electron chi connectivity index (χ3n) is 2.25. The predicted molar refractivity (Wildman–Crippen MR) is 71.3 cm³/mol. The van der Waals surface area contributed by atoms with E-state index in [0.717, 1.165) is 0 Å². The molecule has 0 aromatic rings. The van der Waals surface area contributed by atoms with Gasteiger partial charge in [0.2, 0.25) is 0 Å². The van der Waals surface area contributed by atoms with Gasteiger partial charge in [0.25, 0.3) is 0 Å². The highest BCUT2D eigenvalue weighted by molar-refractivity contribution is 4.56. The molecule has 6 heteroatoms. The molecule has 0 aromatic carbocycles. The molecule has 0 rings (SSSR count). The van der Waals surface area contributed by atoms with E-state index in [1.165, 1.54) is 0 Å². The fourth-order valence-corrected chi connectivity index (χ4v) is 1.36. The number of rotatable bonds is 14. The van der Waals surface area contributed by atoms with Crippen LogP contribution in [0.15, 0.2) is 0 Å². The lowest BCUT2D eigenvalue weighted by Crippen LogP contribution is -2.24. The molecule has 0 aliphatic heterocycles. The van der Waals surface area contributed by atoms with E-state index in [9.17, 15) is 0 Å². The van der Waals surface area contributed by atoms with Crippen molar-refractivity contribution in [1.82, 2.24) is 0 Å². The van der Waals surface area contributed by atoms with Crippen molar-refractivity contribution in [2.45, 2.75) is 32.5 Å². The maximum atomic E-state index is 8.93. The topological polar surface area (TPSA) is 77.4 Å². The molecule has 19 heavy (non-hydrogen) atoms. The first-order valence-corrected chi connectivity index (χ1v) is 6.81. The molecular formula is C13H28O6. The Balaban J connectivity index is 3.50. The molecule has 0 bridgehead atoms. The van der Waals surface area contributed by atoms with Gasteiger partial charge in [-0.05, 0) is 20.3 Å². The van der Waals surface area contributed by atoms with E-state index >= 15 is 0 Å². The van der Waals surface area contributed by atoms with Gasteiger partial charge in [0.15, 0.2) is 0 Å². The van der Waals surface area contributed by atoms with Crippen molar-refractivity contribution in [3.63, 3.8) is 0 Å². The summed E-state index contributed by atoms with van der Waals surface area (Å²) in [6, 6.07) is 0. The molecular weight excluding hydrogens is 252 g/mol. The first kappa shape index (κ1) is 18.8. The monoisotopic (exact) mass is 280 g/mol. The maximum absolute atomic E-state index is 8.93. The summed E-state index contributed by atoms with van der Waals surface area (Å²) < 4.78 is 21.4. The standard InChI is InChI=1S/C13H28O6/c1-12(2)18-9-8-17-11-13(3-4-14)19-10-7-16-6-5-15/h12-15H,3-11H2,1-2H3. The smallest absolute Gasteiger partial charge is 0.0831 e. The van der Waals surface area contributed by atoms with Crippen molar-refractivity contribution in [2.24, 2.45) is 0 Å². The molecule has 0 saturated carbocycles. The summed E-state index contributed by atoms with van der Waals surface area (Å²) in [5.41, 5.74) is 0. The van der Waals surface area contributed by atoms with E-state index in [1.54, 1.807) is 0 Å². The third kappa shape index (κ3) is 14.0. The number of hydrogen-bond acceptors (Lipinski definition) is 6. The Morgan fingerprint density at radius 2 is 1.47 bits per heavy atom. The average molecular weight is 280 g/mol. The highest BCUT2D eigenvalue weighted by Gasteiger charge is 2.08. The van der Waals surface area contributed by atoms with Gasteiger partial charge in [0.05, 0.1) is 58.5 Å². The Morgan fingerprint density at radius 3 is 2.11 bits per heavy atom. The molecule has 0 spiro atoms. The molecule has 0 aliphatic rings. The molecule has 0 heterocycles. The molecule has 0 fully saturated rings. The minimum Gasteiger partial charge on any atom is -0.396 e. The number of hydrogen-bond donors (Lipinski definition) is 2. The fraction of sp³-hybridized carbons (Fsp3) is 1.00. The van der Waals surface area contributed by atoms with Gasteiger partial charge in [-0.25, -0.2) is 0 Å². The molecule has 6 nitrogen and oxygen atoms in total. The summed E-state index contributed by atoms with van der Waals surface area (Å²) in [5.74, 6) is 0. The Morgan fingerprint density at radius 1 is 0.789 bits per heavy atom. The molecule has 0 amide bonds. The third-order valence-corrected chi connectivity index (χ3v) is 2.25. The van der Waals surface area contributed by atoms with Gasteiger partial charge < -0.3 is 29.2 Å². The van der Waals surface area contributed by atoms with E-state index in [4.69, 9.17) is 29.2 Å². The number of aliphatic hydroxyl groups is 2. The number of aliphatic hydroxyl groups excluding tert-OH is 2. The summed E-state index contributed by atoms with van der Waals surface area (Å²) in [7, 11) is 0. The van der Waals surface area contributed by atoms with Crippen LogP contribution in [0.5, 0.6) is 0 Å². The van der Waals surface area contributed by atoms with Crippen molar-refractivity contribution in [1.29, 1.82) is 0 Å². The van der Waals surface area contributed by atoms with E-state index in [1.807, 2.05) is 13.8 Å². The van der Waals surface area contributed by atoms with E-state index < -0.39 is 0 Å². The minimum atomic E-state index is -0.137. The van der Waals surface area contributed by atoms with E-state index in [2.05, 4.69) is 0 Å². The molecule has 0 saturated heterocycles. The molecule has 116 valence electrons. The largest absolute Gasteiger partial charge is 0.396 e. The molecule has 1 unspecified atom stereocenters. The summed E-state index contributed by atoms with van der Waals surface area (Å²) in [4.78, 5) is 0. The second-order valence-corrected chi connectivity index (χ2v) is 4.34. The molecule has 2 N–H and O–H groups in total. The zero-order chi connectivity index (χ0) is 14.3. The van der Waals surface area contributed by atoms with Crippen LogP contribution >= 0.6 is 0 Å². The molecule has 0 radical (unpaired) electrons. The zero-order valence-electron chi connectivity index (χ0n) is 12.0. The van der Waals surface area contributed by atoms with Crippen LogP contribution in [0.25, 0.3) is 0 Å². The van der Waals surface area contributed by atoms with E-state index in [-0.39, 0.29) is 25.4 Å². The van der Waals surface area contributed by atoms with Gasteiger partial charge in [-0.15, -0.1) is 0 Å². The summed E-state index contributed by atoms with van der Waals surface area (Å²) in [6.45, 7) is 6.71. The van der Waals surface area contributed by atoms with Gasteiger partial charge in [-0.2, -0.15) is 0 Å². The summed E-state index contributed by atoms with van der Waals surface area (Å²) >= 11 is 0. The average Bonchev–Trinajstić information content (AvgIpc) is 2.37. The van der Waals surface area contributed by atoms with Gasteiger partial charge in [0.1, 0.15) is 0 Å². The lowest BCUT2D eigenvalue weighted by molar-refractivity contribution is -0.0595.